The number of aromatic nitrogens is 1. The van der Waals surface area contributed by atoms with Crippen LogP contribution in [0.1, 0.15) is 5.56 Å². The summed E-state index contributed by atoms with van der Waals surface area (Å²) in [6.07, 6.45) is 0. The van der Waals surface area contributed by atoms with Crippen LogP contribution in [0.15, 0.2) is 54.6 Å². The van der Waals surface area contributed by atoms with Gasteiger partial charge in [-0.15, -0.1) is 0 Å². The van der Waals surface area contributed by atoms with Crippen molar-refractivity contribution in [2.45, 2.75) is 0 Å². The van der Waals surface area contributed by atoms with Crippen molar-refractivity contribution in [3.8, 4) is 17.3 Å². The fourth-order valence-electron chi connectivity index (χ4n) is 2.08. The first-order valence-corrected chi connectivity index (χ1v) is 5.46. The molecule has 0 bridgehead atoms. The van der Waals surface area contributed by atoms with Gasteiger partial charge < -0.3 is 4.98 Å². The number of nitriles is 1. The van der Waals surface area contributed by atoms with E-state index in [-0.39, 0.29) is 0 Å². The number of hydrogen-bond acceptors (Lipinski definition) is 1. The highest BCUT2D eigenvalue weighted by Crippen LogP contribution is 2.29. The molecule has 2 nitrogen and oxygen atoms in total. The molecule has 0 aliphatic heterocycles. The first kappa shape index (κ1) is 9.68. The van der Waals surface area contributed by atoms with E-state index in [0.717, 1.165) is 22.2 Å². The molecule has 1 aromatic heterocycles. The Hall–Kier alpha value is -2.53. The number of fused-ring (bicyclic) bond motifs is 1. The Bertz CT molecular complexity index is 703. The first-order chi connectivity index (χ1) is 8.40. The Balaban J connectivity index is 2.35. The van der Waals surface area contributed by atoms with Gasteiger partial charge in [-0.1, -0.05) is 48.5 Å². The molecule has 0 saturated carbocycles. The number of nitrogens with zero attached hydrogens (tertiary/aromatic N) is 1. The van der Waals surface area contributed by atoms with Gasteiger partial charge in [0.05, 0.1) is 11.3 Å². The van der Waals surface area contributed by atoms with E-state index in [1.165, 1.54) is 0 Å². The average Bonchev–Trinajstić information content (AvgIpc) is 2.78. The minimum absolute atomic E-state index is 0.715. The molecule has 0 spiro atoms. The Morgan fingerprint density at radius 3 is 2.35 bits per heavy atom. The van der Waals surface area contributed by atoms with Crippen molar-refractivity contribution in [1.29, 1.82) is 5.26 Å². The highest BCUT2D eigenvalue weighted by atomic mass is 14.7. The van der Waals surface area contributed by atoms with E-state index in [4.69, 9.17) is 0 Å². The second kappa shape index (κ2) is 3.80. The minimum Gasteiger partial charge on any atom is -0.353 e. The quantitative estimate of drug-likeness (QED) is 0.664. The fourth-order valence-corrected chi connectivity index (χ4v) is 2.08. The summed E-state index contributed by atoms with van der Waals surface area (Å²) in [5, 5.41) is 10.3. The summed E-state index contributed by atoms with van der Waals surface area (Å²) in [4.78, 5) is 3.31. The number of aromatic amines is 1. The third kappa shape index (κ3) is 1.49. The molecule has 80 valence electrons. The lowest BCUT2D eigenvalue weighted by Gasteiger charge is -1.97. The molecule has 0 fully saturated rings. The van der Waals surface area contributed by atoms with Crippen LogP contribution in [0, 0.1) is 11.3 Å². The van der Waals surface area contributed by atoms with E-state index in [2.05, 4.69) is 11.1 Å². The lowest BCUT2D eigenvalue weighted by Crippen LogP contribution is -1.80. The molecule has 0 aliphatic rings. The van der Waals surface area contributed by atoms with Crippen molar-refractivity contribution in [3.63, 3.8) is 0 Å². The van der Waals surface area contributed by atoms with Crippen molar-refractivity contribution in [1.82, 2.24) is 4.98 Å². The Morgan fingerprint density at radius 1 is 0.882 bits per heavy atom. The number of hydrogen-bond donors (Lipinski definition) is 1. The molecule has 0 radical (unpaired) electrons. The zero-order valence-electron chi connectivity index (χ0n) is 9.14. The van der Waals surface area contributed by atoms with Gasteiger partial charge in [-0.3, -0.25) is 0 Å². The van der Waals surface area contributed by atoms with Crippen LogP contribution in [-0.4, -0.2) is 4.98 Å². The maximum Gasteiger partial charge on any atom is 0.102 e. The second-order valence-corrected chi connectivity index (χ2v) is 3.90. The van der Waals surface area contributed by atoms with Crippen molar-refractivity contribution < 1.29 is 0 Å². The molecular weight excluding hydrogens is 208 g/mol. The van der Waals surface area contributed by atoms with Crippen molar-refractivity contribution in [2.75, 3.05) is 0 Å². The van der Waals surface area contributed by atoms with E-state index in [0.29, 0.717) is 5.56 Å². The lowest BCUT2D eigenvalue weighted by molar-refractivity contribution is 1.43. The van der Waals surface area contributed by atoms with Gasteiger partial charge in [-0.05, 0) is 11.6 Å². The average molecular weight is 218 g/mol. The SMILES string of the molecule is N#Cc1c(-c2ccccc2)[nH]c2ccccc12. The smallest absolute Gasteiger partial charge is 0.102 e. The summed E-state index contributed by atoms with van der Waals surface area (Å²) < 4.78 is 0. The molecule has 2 heteroatoms. The van der Waals surface area contributed by atoms with Crippen molar-refractivity contribution in [3.05, 3.63) is 60.2 Å². The zero-order valence-corrected chi connectivity index (χ0v) is 9.14. The van der Waals surface area contributed by atoms with Crippen LogP contribution in [0.25, 0.3) is 22.2 Å². The number of rotatable bonds is 1. The molecule has 1 N–H and O–H groups in total. The largest absolute Gasteiger partial charge is 0.353 e. The zero-order chi connectivity index (χ0) is 11.7. The van der Waals surface area contributed by atoms with Gasteiger partial charge in [-0.25, -0.2) is 0 Å². The molecule has 2 aromatic carbocycles. The predicted octanol–water partition coefficient (Wildman–Crippen LogP) is 3.71. The molecule has 0 atom stereocenters. The van der Waals surface area contributed by atoms with Gasteiger partial charge >= 0.3 is 0 Å². The predicted molar refractivity (Wildman–Crippen MR) is 68.4 cm³/mol. The molecule has 3 rings (SSSR count). The molecule has 0 saturated heterocycles. The van der Waals surface area contributed by atoms with Crippen LogP contribution >= 0.6 is 0 Å². The molecular formula is C15H10N2. The van der Waals surface area contributed by atoms with Crippen LogP contribution in [0.2, 0.25) is 0 Å². The molecule has 0 aliphatic carbocycles. The monoisotopic (exact) mass is 218 g/mol. The van der Waals surface area contributed by atoms with Crippen molar-refractivity contribution >= 4 is 10.9 Å². The van der Waals surface area contributed by atoms with E-state index in [1.54, 1.807) is 0 Å². The van der Waals surface area contributed by atoms with Crippen molar-refractivity contribution in [2.24, 2.45) is 0 Å². The summed E-state index contributed by atoms with van der Waals surface area (Å²) in [6.45, 7) is 0. The van der Waals surface area contributed by atoms with E-state index < -0.39 is 0 Å². The first-order valence-electron chi connectivity index (χ1n) is 5.46. The number of benzene rings is 2. The lowest BCUT2D eigenvalue weighted by atomic mass is 10.1. The third-order valence-corrected chi connectivity index (χ3v) is 2.88. The van der Waals surface area contributed by atoms with Gasteiger partial charge in [0.25, 0.3) is 0 Å². The standard InChI is InChI=1S/C15H10N2/c16-10-13-12-8-4-5-9-14(12)17-15(13)11-6-2-1-3-7-11/h1-9,17H. The normalized spacial score (nSPS) is 10.3. The van der Waals surface area contributed by atoms with Crippen LogP contribution in [0.5, 0.6) is 0 Å². The van der Waals surface area contributed by atoms with Gasteiger partial charge in [-0.2, -0.15) is 5.26 Å². The Kier molecular flexibility index (Phi) is 2.16. The van der Waals surface area contributed by atoms with Crippen LogP contribution in [0.4, 0.5) is 0 Å². The highest BCUT2D eigenvalue weighted by molar-refractivity contribution is 5.93. The van der Waals surface area contributed by atoms with E-state index >= 15 is 0 Å². The van der Waals surface area contributed by atoms with E-state index in [1.807, 2.05) is 54.6 Å². The van der Waals surface area contributed by atoms with Gasteiger partial charge in [0.15, 0.2) is 0 Å². The summed E-state index contributed by atoms with van der Waals surface area (Å²) in [5.74, 6) is 0. The topological polar surface area (TPSA) is 39.6 Å². The fraction of sp³-hybridized carbons (Fsp3) is 0. The maximum absolute atomic E-state index is 9.30. The van der Waals surface area contributed by atoms with Crippen LogP contribution in [-0.2, 0) is 0 Å². The highest BCUT2D eigenvalue weighted by Gasteiger charge is 2.11. The van der Waals surface area contributed by atoms with Crippen LogP contribution in [0.3, 0.4) is 0 Å². The second-order valence-electron chi connectivity index (χ2n) is 3.90. The molecule has 3 aromatic rings. The minimum atomic E-state index is 0.715. The molecule has 17 heavy (non-hydrogen) atoms. The third-order valence-electron chi connectivity index (χ3n) is 2.88. The Morgan fingerprint density at radius 2 is 1.59 bits per heavy atom. The van der Waals surface area contributed by atoms with Gasteiger partial charge in [0, 0.05) is 10.9 Å². The number of para-hydroxylation sites is 1. The molecule has 1 heterocycles. The number of nitrogens with one attached hydrogen (secondary N) is 1. The maximum atomic E-state index is 9.30. The molecule has 0 amide bonds. The van der Waals surface area contributed by atoms with E-state index in [9.17, 15) is 5.26 Å². The Labute approximate surface area is 99.1 Å². The summed E-state index contributed by atoms with van der Waals surface area (Å²) in [7, 11) is 0. The van der Waals surface area contributed by atoms with Crippen LogP contribution < -0.4 is 0 Å². The summed E-state index contributed by atoms with van der Waals surface area (Å²) in [5.41, 5.74) is 3.66. The molecule has 0 unspecified atom stereocenters. The van der Waals surface area contributed by atoms with Gasteiger partial charge in [0.1, 0.15) is 6.07 Å². The number of H-pyrrole nitrogens is 1. The summed E-state index contributed by atoms with van der Waals surface area (Å²) in [6, 6.07) is 20.1. The van der Waals surface area contributed by atoms with Gasteiger partial charge in [0.2, 0.25) is 0 Å². The summed E-state index contributed by atoms with van der Waals surface area (Å²) >= 11 is 0.